The van der Waals surface area contributed by atoms with Gasteiger partial charge in [-0.3, -0.25) is 9.20 Å². The summed E-state index contributed by atoms with van der Waals surface area (Å²) in [4.78, 5) is 15.1. The molecule has 0 unspecified atom stereocenters. The van der Waals surface area contributed by atoms with Gasteiger partial charge in [-0.2, -0.15) is 0 Å². The Kier molecular flexibility index (Phi) is 4.46. The molecule has 0 aliphatic heterocycles. The van der Waals surface area contributed by atoms with Crippen molar-refractivity contribution in [1.29, 1.82) is 0 Å². The Morgan fingerprint density at radius 1 is 1.25 bits per heavy atom. The van der Waals surface area contributed by atoms with Crippen molar-refractivity contribution in [2.24, 2.45) is 0 Å². The highest BCUT2D eigenvalue weighted by atomic mass is 19.1. The van der Waals surface area contributed by atoms with Gasteiger partial charge in [0.05, 0.1) is 5.69 Å². The zero-order chi connectivity index (χ0) is 17.1. The van der Waals surface area contributed by atoms with Gasteiger partial charge in [0, 0.05) is 17.4 Å². The van der Waals surface area contributed by atoms with Crippen molar-refractivity contribution in [3.8, 4) is 0 Å². The van der Waals surface area contributed by atoms with E-state index >= 15 is 0 Å². The van der Waals surface area contributed by atoms with Crippen LogP contribution < -0.4 is 11.1 Å². The number of nitrogen functional groups attached to an aromatic ring is 1. The molecule has 3 N–H and O–H groups in total. The number of aldehydes is 1. The molecule has 6 heteroatoms. The first kappa shape index (κ1) is 16.0. The second kappa shape index (κ2) is 6.70. The van der Waals surface area contributed by atoms with Crippen LogP contribution in [-0.4, -0.2) is 15.7 Å². The first-order valence-electron chi connectivity index (χ1n) is 7.85. The molecule has 0 spiro atoms. The first-order chi connectivity index (χ1) is 11.6. The molecule has 2 aromatic heterocycles. The summed E-state index contributed by atoms with van der Waals surface area (Å²) in [5.74, 6) is -0.0920. The van der Waals surface area contributed by atoms with Crippen molar-refractivity contribution in [1.82, 2.24) is 9.38 Å². The number of nitrogens with one attached hydrogen (secondary N) is 1. The van der Waals surface area contributed by atoms with Gasteiger partial charge in [0.2, 0.25) is 0 Å². The minimum Gasteiger partial charge on any atom is -0.382 e. The van der Waals surface area contributed by atoms with Gasteiger partial charge in [0.15, 0.2) is 12.1 Å². The maximum absolute atomic E-state index is 13.5. The van der Waals surface area contributed by atoms with Crippen LogP contribution in [0.15, 0.2) is 36.5 Å². The van der Waals surface area contributed by atoms with Crippen LogP contribution >= 0.6 is 0 Å². The number of fused-ring (bicyclic) bond motifs is 1. The van der Waals surface area contributed by atoms with Crippen molar-refractivity contribution in [2.45, 2.75) is 26.2 Å². The minimum atomic E-state index is -0.276. The van der Waals surface area contributed by atoms with Crippen LogP contribution in [-0.2, 0) is 0 Å². The lowest BCUT2D eigenvalue weighted by molar-refractivity contribution is 0.111. The Balaban J connectivity index is 0.000000508. The fraction of sp³-hybridized carbons (Fsp3) is 0.222. The molecule has 1 fully saturated rings. The molecule has 1 saturated carbocycles. The van der Waals surface area contributed by atoms with Crippen LogP contribution in [0.2, 0.25) is 0 Å². The second-order valence-electron chi connectivity index (χ2n) is 5.74. The minimum absolute atomic E-state index is 0.184. The molecule has 4 rings (SSSR count). The molecule has 0 atom stereocenters. The van der Waals surface area contributed by atoms with Gasteiger partial charge in [0.1, 0.15) is 17.2 Å². The molecular weight excluding hydrogens is 307 g/mol. The Morgan fingerprint density at radius 2 is 2.00 bits per heavy atom. The number of hydrogen-bond donors (Lipinski definition) is 2. The lowest BCUT2D eigenvalue weighted by Gasteiger charge is -2.10. The number of benzene rings is 1. The summed E-state index contributed by atoms with van der Waals surface area (Å²) in [7, 11) is 0. The molecule has 0 radical (unpaired) electrons. The van der Waals surface area contributed by atoms with E-state index in [0.29, 0.717) is 34.6 Å². The Morgan fingerprint density at radius 3 is 2.67 bits per heavy atom. The van der Waals surface area contributed by atoms with Crippen LogP contribution in [0.3, 0.4) is 0 Å². The standard InChI is InChI=1S/C15H13FN4O.C3H6/c1-9-11(16)3-2-4-12(9)18-10-5-6-14-19-15(17)13(8-21)20(14)7-10;1-2-3-1/h2-8,18H,17H2,1H3;1-3H2. The van der Waals surface area contributed by atoms with E-state index in [0.717, 1.165) is 0 Å². The van der Waals surface area contributed by atoms with Crippen LogP contribution in [0.1, 0.15) is 35.3 Å². The Labute approximate surface area is 139 Å². The summed E-state index contributed by atoms with van der Waals surface area (Å²) in [6, 6.07) is 8.35. The van der Waals surface area contributed by atoms with Crippen LogP contribution in [0.25, 0.3) is 5.65 Å². The summed E-state index contributed by atoms with van der Waals surface area (Å²) in [5, 5.41) is 3.12. The predicted molar refractivity (Wildman–Crippen MR) is 93.3 cm³/mol. The molecule has 124 valence electrons. The van der Waals surface area contributed by atoms with E-state index < -0.39 is 0 Å². The SMILES string of the molecule is C1CC1.Cc1c(F)cccc1Nc1ccc2nc(N)c(C=O)n2c1. The van der Waals surface area contributed by atoms with Crippen molar-refractivity contribution < 1.29 is 9.18 Å². The molecule has 24 heavy (non-hydrogen) atoms. The van der Waals surface area contributed by atoms with Gasteiger partial charge in [0.25, 0.3) is 0 Å². The van der Waals surface area contributed by atoms with Crippen LogP contribution in [0.4, 0.5) is 21.6 Å². The number of halogens is 1. The van der Waals surface area contributed by atoms with E-state index in [1.54, 1.807) is 41.8 Å². The number of aromatic nitrogens is 2. The average Bonchev–Trinajstić information content (AvgIpc) is 3.41. The summed E-state index contributed by atoms with van der Waals surface area (Å²) in [6.45, 7) is 1.70. The van der Waals surface area contributed by atoms with E-state index in [-0.39, 0.29) is 11.6 Å². The largest absolute Gasteiger partial charge is 0.382 e. The van der Waals surface area contributed by atoms with E-state index in [4.69, 9.17) is 5.73 Å². The van der Waals surface area contributed by atoms with Gasteiger partial charge in [-0.05, 0) is 31.2 Å². The molecule has 1 aliphatic rings. The molecule has 0 amide bonds. The molecule has 0 saturated heterocycles. The molecule has 3 aromatic rings. The van der Waals surface area contributed by atoms with Gasteiger partial charge < -0.3 is 11.1 Å². The average molecular weight is 326 g/mol. The number of nitrogens with two attached hydrogens (primary N) is 1. The predicted octanol–water partition coefficient (Wildman–Crippen LogP) is 4.09. The molecule has 1 aromatic carbocycles. The monoisotopic (exact) mass is 326 g/mol. The summed E-state index contributed by atoms with van der Waals surface area (Å²) < 4.78 is 15.1. The molecule has 0 bridgehead atoms. The number of carbonyl (C=O) groups is 1. The normalized spacial score (nSPS) is 12.4. The highest BCUT2D eigenvalue weighted by Crippen LogP contribution is 2.23. The van der Waals surface area contributed by atoms with E-state index in [1.165, 1.54) is 25.3 Å². The molecular formula is C18H19FN4O. The maximum atomic E-state index is 13.5. The number of pyridine rings is 1. The molecule has 2 heterocycles. The number of rotatable bonds is 3. The topological polar surface area (TPSA) is 72.4 Å². The van der Waals surface area contributed by atoms with Crippen LogP contribution in [0, 0.1) is 12.7 Å². The smallest absolute Gasteiger partial charge is 0.170 e. The number of hydrogen-bond acceptors (Lipinski definition) is 4. The third-order valence-corrected chi connectivity index (χ3v) is 3.70. The number of nitrogens with zero attached hydrogens (tertiary/aromatic N) is 2. The quantitative estimate of drug-likeness (QED) is 0.711. The van der Waals surface area contributed by atoms with Gasteiger partial charge >= 0.3 is 0 Å². The van der Waals surface area contributed by atoms with E-state index in [2.05, 4.69) is 10.3 Å². The van der Waals surface area contributed by atoms with E-state index in [9.17, 15) is 9.18 Å². The summed E-state index contributed by atoms with van der Waals surface area (Å²) in [5.41, 5.74) is 8.45. The maximum Gasteiger partial charge on any atom is 0.170 e. The zero-order valence-corrected chi connectivity index (χ0v) is 13.4. The lowest BCUT2D eigenvalue weighted by Crippen LogP contribution is -1.99. The number of carbonyl (C=O) groups excluding carboxylic acids is 1. The fourth-order valence-corrected chi connectivity index (χ4v) is 2.17. The fourth-order valence-electron chi connectivity index (χ4n) is 2.17. The zero-order valence-electron chi connectivity index (χ0n) is 13.4. The van der Waals surface area contributed by atoms with Crippen LogP contribution in [0.5, 0.6) is 0 Å². The summed E-state index contributed by atoms with van der Waals surface area (Å²) in [6.07, 6.45) is 6.86. The second-order valence-corrected chi connectivity index (χ2v) is 5.74. The third-order valence-electron chi connectivity index (χ3n) is 3.70. The van der Waals surface area contributed by atoms with Crippen molar-refractivity contribution >= 4 is 29.1 Å². The third kappa shape index (κ3) is 3.37. The highest BCUT2D eigenvalue weighted by molar-refractivity contribution is 5.82. The summed E-state index contributed by atoms with van der Waals surface area (Å²) >= 11 is 0. The first-order valence-corrected chi connectivity index (χ1v) is 7.85. The Hall–Kier alpha value is -2.89. The molecule has 1 aliphatic carbocycles. The van der Waals surface area contributed by atoms with E-state index in [1.807, 2.05) is 0 Å². The Bertz CT molecular complexity index is 883. The molecule has 5 nitrogen and oxygen atoms in total. The van der Waals surface area contributed by atoms with Crippen molar-refractivity contribution in [3.05, 3.63) is 53.6 Å². The highest BCUT2D eigenvalue weighted by Gasteiger charge is 2.09. The number of anilines is 3. The van der Waals surface area contributed by atoms with Crippen molar-refractivity contribution in [2.75, 3.05) is 11.1 Å². The van der Waals surface area contributed by atoms with Gasteiger partial charge in [-0.1, -0.05) is 25.3 Å². The van der Waals surface area contributed by atoms with Gasteiger partial charge in [-0.25, -0.2) is 9.37 Å². The number of imidazole rings is 1. The lowest BCUT2D eigenvalue weighted by atomic mass is 10.2. The van der Waals surface area contributed by atoms with Gasteiger partial charge in [-0.15, -0.1) is 0 Å². The van der Waals surface area contributed by atoms with Crippen molar-refractivity contribution in [3.63, 3.8) is 0 Å².